The molecule has 9 nitrogen and oxygen atoms in total. The largest absolute Gasteiger partial charge is 0.260 e. The molecule has 0 spiro atoms. The Morgan fingerprint density at radius 1 is 0.129 bits per heavy atom. The van der Waals surface area contributed by atoms with Crippen molar-refractivity contribution in [2.75, 3.05) is 0 Å². The lowest BCUT2D eigenvalue weighted by atomic mass is 9.86. The number of hydrogen-bond acceptors (Lipinski definition) is 9. The highest BCUT2D eigenvalue weighted by atomic mass is 14.8. The molecule has 0 aliphatic rings. The zero-order chi connectivity index (χ0) is 102. The van der Waals surface area contributed by atoms with Gasteiger partial charge in [-0.15, -0.1) is 0 Å². The second-order valence-electron chi connectivity index (χ2n) is 46.7. The maximum Gasteiger partial charge on any atom is 0.0890 e. The van der Waals surface area contributed by atoms with E-state index in [0.717, 1.165) is 61.2 Å². The van der Waals surface area contributed by atoms with Crippen molar-refractivity contribution in [2.24, 2.45) is 0 Å². The molecule has 11 aromatic carbocycles. The van der Waals surface area contributed by atoms with Crippen molar-refractivity contribution in [3.63, 3.8) is 0 Å². The molecule has 0 aliphatic heterocycles. The Bertz CT molecular complexity index is 6000. The Labute approximate surface area is 836 Å². The summed E-state index contributed by atoms with van der Waals surface area (Å²) in [5.74, 6) is 0. The lowest BCUT2D eigenvalue weighted by molar-refractivity contribution is 0.570. The molecule has 9 heteroatoms. The topological polar surface area (TPSA) is 116 Å². The van der Waals surface area contributed by atoms with E-state index in [1.54, 1.807) is 12.4 Å². The molecule has 0 fully saturated rings. The molecule has 9 aromatic heterocycles. The predicted octanol–water partition coefficient (Wildman–Crippen LogP) is 35.9. The third kappa shape index (κ3) is 31.2. The first-order valence-corrected chi connectivity index (χ1v) is 49.4. The van der Waals surface area contributed by atoms with E-state index in [1.807, 2.05) is 104 Å². The van der Waals surface area contributed by atoms with E-state index in [0.29, 0.717) is 0 Å². The van der Waals surface area contributed by atoms with Gasteiger partial charge in [0.25, 0.3) is 0 Å². The number of para-hydroxylation sites is 2. The molecule has 720 valence electrons. The van der Waals surface area contributed by atoms with Crippen molar-refractivity contribution < 1.29 is 0 Å². The van der Waals surface area contributed by atoms with Gasteiger partial charge in [-0.1, -0.05) is 432 Å². The van der Waals surface area contributed by atoms with Crippen LogP contribution in [0.15, 0.2) is 371 Å². The molecule has 0 bridgehead atoms. The number of hydrogen-bond donors (Lipinski definition) is 0. The van der Waals surface area contributed by atoms with Crippen LogP contribution in [0, 0.1) is 0 Å². The summed E-state index contributed by atoms with van der Waals surface area (Å²) in [6, 6.07) is 114. The van der Waals surface area contributed by atoms with Crippen LogP contribution >= 0.6 is 0 Å². The number of nitrogens with zero attached hydrogens (tertiary/aromatic N) is 9. The average Bonchev–Trinajstić information content (AvgIpc) is 0.869. The van der Waals surface area contributed by atoms with Gasteiger partial charge < -0.3 is 0 Å². The smallest absolute Gasteiger partial charge is 0.0890 e. The van der Waals surface area contributed by atoms with Crippen molar-refractivity contribution in [1.29, 1.82) is 0 Å². The quantitative estimate of drug-likeness (QED) is 0.146. The Morgan fingerprint density at radius 3 is 0.829 bits per heavy atom. The summed E-state index contributed by atoms with van der Waals surface area (Å²) in [6.45, 7) is 66.3. The molecule has 0 saturated carbocycles. The van der Waals surface area contributed by atoms with Gasteiger partial charge in [0.15, 0.2) is 0 Å². The zero-order valence-electron chi connectivity index (χ0n) is 89.2. The summed E-state index contributed by atoms with van der Waals surface area (Å²) in [7, 11) is 0. The first-order chi connectivity index (χ1) is 65.7. The molecule has 0 radical (unpaired) electrons. The fraction of sp³-hybridized carbons (Fsp3) is 0.305. The third-order valence-corrected chi connectivity index (χ3v) is 24.6. The van der Waals surface area contributed by atoms with Crippen LogP contribution in [-0.4, -0.2) is 44.9 Å². The molecule has 0 saturated heterocycles. The fourth-order valence-electron chi connectivity index (χ4n) is 15.2. The van der Waals surface area contributed by atoms with E-state index in [2.05, 4.69) is 507 Å². The first kappa shape index (κ1) is 107. The second kappa shape index (κ2) is 45.5. The highest BCUT2D eigenvalue weighted by molar-refractivity contribution is 5.87. The number of rotatable bonds is 0. The Balaban J connectivity index is 0.000000149. The average molecular weight is 1850 g/mol. The molecule has 0 N–H and O–H groups in total. The van der Waals surface area contributed by atoms with Crippen LogP contribution in [0.3, 0.4) is 0 Å². The van der Waals surface area contributed by atoms with E-state index >= 15 is 0 Å². The molecule has 0 atom stereocenters. The number of benzene rings is 11. The van der Waals surface area contributed by atoms with Crippen molar-refractivity contribution in [1.82, 2.24) is 44.9 Å². The minimum atomic E-state index is 0.101. The van der Waals surface area contributed by atoms with Crippen LogP contribution in [0.2, 0.25) is 0 Å². The zero-order valence-corrected chi connectivity index (χ0v) is 89.2. The molecule has 0 unspecified atom stereocenters. The van der Waals surface area contributed by atoms with Crippen molar-refractivity contribution >= 4 is 109 Å². The molecular formula is C131H151N9. The number of fused-ring (bicyclic) bond motifs is 10. The minimum absolute atomic E-state index is 0.101. The van der Waals surface area contributed by atoms with Crippen molar-refractivity contribution in [3.05, 3.63) is 427 Å². The van der Waals surface area contributed by atoms with Crippen LogP contribution in [0.25, 0.3) is 109 Å². The van der Waals surface area contributed by atoms with Crippen molar-refractivity contribution in [3.8, 4) is 0 Å². The van der Waals surface area contributed by atoms with Gasteiger partial charge in [-0.3, -0.25) is 44.9 Å². The van der Waals surface area contributed by atoms with Gasteiger partial charge in [0.05, 0.1) is 44.1 Å². The van der Waals surface area contributed by atoms with Crippen LogP contribution < -0.4 is 0 Å². The number of aromatic nitrogens is 9. The summed E-state index contributed by atoms with van der Waals surface area (Å²) in [4.78, 5) is 39.7. The van der Waals surface area contributed by atoms with Gasteiger partial charge >= 0.3 is 0 Å². The van der Waals surface area contributed by atoms with Crippen LogP contribution in [-0.2, 0) is 54.1 Å². The third-order valence-electron chi connectivity index (χ3n) is 24.6. The monoisotopic (exact) mass is 1850 g/mol. The fourth-order valence-corrected chi connectivity index (χ4v) is 15.2. The molecule has 140 heavy (non-hydrogen) atoms. The number of pyridine rings is 9. The predicted molar refractivity (Wildman–Crippen MR) is 607 cm³/mol. The standard InChI is InChI=1S/3C14H16.5C13H15N.2C12H14N2/c3*1-14(2,3)13-9-8-11-6-4-5-7-12(11)10-13;1-13(2,3)11-6-7-12-10(9-11)5-4-8-14-12;1-13(2,3)11-7-6-10-5-4-8-14-12(10)9-11;1-13(2,3)11-8-10-6-4-5-7-12(10)14-9-11;1-13(2,3)12-8-10-6-4-5-7-11(10)9-14-12;1-13(2,3)12-9-8-10-6-4-5-7-11(10)14-12;1-12(2,3)11-7-6-9-10(14-11)5-4-8-13-9;1-12(2,3)9-7-11-10(14-8-9)5-4-6-13-11/h3*4-10H,1-3H3;5*4-9H,1-3H3;2*4-8H,1-3H3. The van der Waals surface area contributed by atoms with Crippen LogP contribution in [0.5, 0.6) is 0 Å². The molecular weight excluding hydrogens is 1700 g/mol. The Kier molecular flexibility index (Phi) is 34.7. The lowest BCUT2D eigenvalue weighted by Gasteiger charge is -2.19. The summed E-state index contributed by atoms with van der Waals surface area (Å²) in [6.07, 6.45) is 13.1. The van der Waals surface area contributed by atoms with Crippen molar-refractivity contribution in [2.45, 2.75) is 262 Å². The Morgan fingerprint density at radius 2 is 0.379 bits per heavy atom. The van der Waals surface area contributed by atoms with E-state index in [-0.39, 0.29) is 54.1 Å². The maximum atomic E-state index is 4.65. The Hall–Kier alpha value is -13.6. The molecule has 9 heterocycles. The van der Waals surface area contributed by atoms with E-state index in [1.165, 1.54) is 104 Å². The molecule has 20 aromatic rings. The molecule has 0 amide bonds. The minimum Gasteiger partial charge on any atom is -0.260 e. The van der Waals surface area contributed by atoms with Gasteiger partial charge in [-0.25, -0.2) is 0 Å². The normalized spacial score (nSPS) is 11.9. The van der Waals surface area contributed by atoms with Crippen LogP contribution in [0.1, 0.15) is 264 Å². The van der Waals surface area contributed by atoms with E-state index in [4.69, 9.17) is 0 Å². The first-order valence-electron chi connectivity index (χ1n) is 49.4. The summed E-state index contributed by atoms with van der Waals surface area (Å²) in [5.41, 5.74) is 22.8. The van der Waals surface area contributed by atoms with Gasteiger partial charge in [-0.2, -0.15) is 0 Å². The summed E-state index contributed by atoms with van der Waals surface area (Å²) in [5, 5.41) is 15.3. The summed E-state index contributed by atoms with van der Waals surface area (Å²) >= 11 is 0. The van der Waals surface area contributed by atoms with Crippen LogP contribution in [0.4, 0.5) is 0 Å². The van der Waals surface area contributed by atoms with E-state index in [9.17, 15) is 0 Å². The highest BCUT2D eigenvalue weighted by Crippen LogP contribution is 2.34. The van der Waals surface area contributed by atoms with E-state index < -0.39 is 0 Å². The lowest BCUT2D eigenvalue weighted by Crippen LogP contribution is -2.13. The highest BCUT2D eigenvalue weighted by Gasteiger charge is 2.23. The second-order valence-corrected chi connectivity index (χ2v) is 46.7. The van der Waals surface area contributed by atoms with Gasteiger partial charge in [0, 0.05) is 104 Å². The van der Waals surface area contributed by atoms with Gasteiger partial charge in [-0.05, 0) is 218 Å². The SMILES string of the molecule is CC(C)(C)c1cc2ccccc2cn1.CC(C)(C)c1ccc2ccccc2c1.CC(C)(C)c1ccc2ccccc2c1.CC(C)(C)c1ccc2ccccc2c1.CC(C)(C)c1ccc2ccccc2n1.CC(C)(C)c1ccc2cccnc2c1.CC(C)(C)c1ccc2ncccc2c1.CC(C)(C)c1ccc2ncccc2n1.CC(C)(C)c1cnc2ccccc2c1.CC(C)(C)c1cnc2cccnc2c1. The molecule has 0 aliphatic carbocycles. The molecule has 20 rings (SSSR count). The van der Waals surface area contributed by atoms with Gasteiger partial charge in [0.1, 0.15) is 0 Å². The summed E-state index contributed by atoms with van der Waals surface area (Å²) < 4.78 is 0. The maximum absolute atomic E-state index is 4.65. The van der Waals surface area contributed by atoms with Gasteiger partial charge in [0.2, 0.25) is 0 Å².